The van der Waals surface area contributed by atoms with Gasteiger partial charge in [0.2, 0.25) is 0 Å². The maximum Gasteiger partial charge on any atom is 0.200 e. The molecule has 0 aliphatic heterocycles. The highest BCUT2D eigenvalue weighted by atomic mass is 16.5. The normalized spacial score (nSPS) is 11.2. The Morgan fingerprint density at radius 2 is 1.61 bits per heavy atom. The molecule has 0 N–H and O–H groups in total. The quantitative estimate of drug-likeness (QED) is 0.771. The van der Waals surface area contributed by atoms with E-state index in [1.54, 1.807) is 0 Å². The second-order valence-corrected chi connectivity index (χ2v) is 6.90. The molecule has 2 rings (SSSR count). The van der Waals surface area contributed by atoms with E-state index in [1.807, 2.05) is 67.5 Å². The van der Waals surface area contributed by atoms with Gasteiger partial charge >= 0.3 is 0 Å². The molecule has 0 saturated carbocycles. The summed E-state index contributed by atoms with van der Waals surface area (Å²) < 4.78 is 5.80. The van der Waals surface area contributed by atoms with Gasteiger partial charge in [-0.25, -0.2) is 0 Å². The Labute approximate surface area is 138 Å². The molecule has 3 heteroatoms. The molecule has 0 saturated heterocycles. The molecule has 0 spiro atoms. The Hall–Kier alpha value is -2.29. The molecule has 0 atom stereocenters. The van der Waals surface area contributed by atoms with E-state index in [9.17, 15) is 4.79 Å². The molecular weight excluding hydrogens is 286 g/mol. The van der Waals surface area contributed by atoms with E-state index in [0.29, 0.717) is 5.56 Å². The Kier molecular flexibility index (Phi) is 5.09. The number of Topliss-reactive ketones (excluding diaryl/α,β-unsaturated/α-hetero) is 1. The first kappa shape index (κ1) is 17.1. The van der Waals surface area contributed by atoms with Crippen LogP contribution in [0.4, 0.5) is 5.69 Å². The van der Waals surface area contributed by atoms with Crippen LogP contribution in [-0.2, 0) is 5.41 Å². The van der Waals surface area contributed by atoms with E-state index < -0.39 is 0 Å². The zero-order chi connectivity index (χ0) is 17.0. The van der Waals surface area contributed by atoms with Crippen molar-refractivity contribution in [3.8, 4) is 5.75 Å². The Bertz CT molecular complexity index is 667. The van der Waals surface area contributed by atoms with Gasteiger partial charge in [0, 0.05) is 25.3 Å². The van der Waals surface area contributed by atoms with E-state index >= 15 is 0 Å². The van der Waals surface area contributed by atoms with Crippen LogP contribution in [0.3, 0.4) is 0 Å². The average molecular weight is 311 g/mol. The second kappa shape index (κ2) is 6.86. The van der Waals surface area contributed by atoms with E-state index in [2.05, 4.69) is 20.8 Å². The maximum absolute atomic E-state index is 12.3. The number of para-hydroxylation sites is 1. The Morgan fingerprint density at radius 1 is 1.00 bits per heavy atom. The van der Waals surface area contributed by atoms with Gasteiger partial charge in [0.05, 0.1) is 0 Å². The Morgan fingerprint density at radius 3 is 2.17 bits per heavy atom. The third kappa shape index (κ3) is 4.35. The summed E-state index contributed by atoms with van der Waals surface area (Å²) in [5, 5.41) is 0. The van der Waals surface area contributed by atoms with Gasteiger partial charge < -0.3 is 9.64 Å². The molecule has 0 radical (unpaired) electrons. The van der Waals surface area contributed by atoms with Crippen LogP contribution < -0.4 is 9.64 Å². The number of ether oxygens (including phenoxy) is 1. The molecule has 122 valence electrons. The van der Waals surface area contributed by atoms with Crippen molar-refractivity contribution in [2.24, 2.45) is 0 Å². The van der Waals surface area contributed by atoms with Crippen molar-refractivity contribution in [3.05, 3.63) is 59.7 Å². The smallest absolute Gasteiger partial charge is 0.200 e. The largest absolute Gasteiger partial charge is 0.485 e. The molecule has 23 heavy (non-hydrogen) atoms. The molecule has 2 aromatic rings. The number of carbonyl (C=O) groups excluding carboxylic acids is 1. The van der Waals surface area contributed by atoms with Crippen LogP contribution in [0.5, 0.6) is 5.75 Å². The lowest BCUT2D eigenvalue weighted by Gasteiger charge is -2.22. The minimum Gasteiger partial charge on any atom is -0.485 e. The van der Waals surface area contributed by atoms with Gasteiger partial charge in [-0.3, -0.25) is 4.79 Å². The summed E-state index contributed by atoms with van der Waals surface area (Å²) in [4.78, 5) is 14.3. The average Bonchev–Trinajstić information content (AvgIpc) is 2.52. The third-order valence-electron chi connectivity index (χ3n) is 3.76. The van der Waals surface area contributed by atoms with Gasteiger partial charge in [-0.2, -0.15) is 0 Å². The number of hydrogen-bond donors (Lipinski definition) is 0. The zero-order valence-corrected chi connectivity index (χ0v) is 14.6. The minimum atomic E-state index is -0.0208. The fraction of sp³-hybridized carbons (Fsp3) is 0.350. The second-order valence-electron chi connectivity index (χ2n) is 6.90. The molecule has 0 heterocycles. The summed E-state index contributed by atoms with van der Waals surface area (Å²) in [5.74, 6) is 0.761. The van der Waals surface area contributed by atoms with Gasteiger partial charge in [0.15, 0.2) is 12.4 Å². The van der Waals surface area contributed by atoms with Crippen molar-refractivity contribution in [2.75, 3.05) is 25.6 Å². The van der Waals surface area contributed by atoms with Crippen molar-refractivity contribution >= 4 is 11.5 Å². The monoisotopic (exact) mass is 311 g/mol. The van der Waals surface area contributed by atoms with Gasteiger partial charge in [0.1, 0.15) is 5.75 Å². The van der Waals surface area contributed by atoms with Crippen LogP contribution in [-0.4, -0.2) is 26.5 Å². The maximum atomic E-state index is 12.3. The van der Waals surface area contributed by atoms with E-state index in [4.69, 9.17) is 4.74 Å². The summed E-state index contributed by atoms with van der Waals surface area (Å²) in [5.41, 5.74) is 2.83. The molecule has 0 unspecified atom stereocenters. The topological polar surface area (TPSA) is 29.5 Å². The summed E-state index contributed by atoms with van der Waals surface area (Å²) in [6.45, 7) is 6.46. The van der Waals surface area contributed by atoms with E-state index in [-0.39, 0.29) is 17.8 Å². The fourth-order valence-electron chi connectivity index (χ4n) is 2.38. The molecular formula is C20H25NO2. The van der Waals surface area contributed by atoms with Crippen LogP contribution >= 0.6 is 0 Å². The van der Waals surface area contributed by atoms with E-state index in [0.717, 1.165) is 17.0 Å². The third-order valence-corrected chi connectivity index (χ3v) is 3.76. The van der Waals surface area contributed by atoms with Gasteiger partial charge in [-0.05, 0) is 41.3 Å². The van der Waals surface area contributed by atoms with Crippen LogP contribution in [0.2, 0.25) is 0 Å². The molecule has 0 amide bonds. The molecule has 0 aromatic heterocycles. The first-order valence-electron chi connectivity index (χ1n) is 7.82. The van der Waals surface area contributed by atoms with Gasteiger partial charge in [0.25, 0.3) is 0 Å². The number of ketones is 1. The number of hydrogen-bond acceptors (Lipinski definition) is 3. The standard InChI is InChI=1S/C20H25NO2/c1-20(2,3)17-8-6-7-9-19(17)23-14-18(22)15-10-12-16(13-11-15)21(4)5/h6-13H,14H2,1-5H3. The van der Waals surface area contributed by atoms with E-state index in [1.165, 1.54) is 0 Å². The van der Waals surface area contributed by atoms with Crippen LogP contribution in [0.1, 0.15) is 36.7 Å². The molecule has 0 bridgehead atoms. The lowest BCUT2D eigenvalue weighted by Crippen LogP contribution is -2.17. The lowest BCUT2D eigenvalue weighted by atomic mass is 9.86. The first-order chi connectivity index (χ1) is 10.8. The molecule has 2 aromatic carbocycles. The van der Waals surface area contributed by atoms with Gasteiger partial charge in [-0.1, -0.05) is 39.0 Å². The van der Waals surface area contributed by atoms with Crippen LogP contribution in [0.25, 0.3) is 0 Å². The van der Waals surface area contributed by atoms with Crippen molar-refractivity contribution < 1.29 is 9.53 Å². The van der Waals surface area contributed by atoms with Crippen molar-refractivity contribution in [2.45, 2.75) is 26.2 Å². The minimum absolute atomic E-state index is 0.0148. The zero-order valence-electron chi connectivity index (χ0n) is 14.6. The number of rotatable bonds is 5. The van der Waals surface area contributed by atoms with Crippen LogP contribution in [0, 0.1) is 0 Å². The summed E-state index contributed by atoms with van der Waals surface area (Å²) in [6.07, 6.45) is 0. The number of nitrogens with zero attached hydrogens (tertiary/aromatic N) is 1. The Balaban J connectivity index is 2.08. The van der Waals surface area contributed by atoms with Gasteiger partial charge in [-0.15, -0.1) is 0 Å². The van der Waals surface area contributed by atoms with Crippen molar-refractivity contribution in [3.63, 3.8) is 0 Å². The highest BCUT2D eigenvalue weighted by Gasteiger charge is 2.19. The summed E-state index contributed by atoms with van der Waals surface area (Å²) >= 11 is 0. The molecule has 3 nitrogen and oxygen atoms in total. The van der Waals surface area contributed by atoms with Crippen molar-refractivity contribution in [1.29, 1.82) is 0 Å². The van der Waals surface area contributed by atoms with Crippen molar-refractivity contribution in [1.82, 2.24) is 0 Å². The predicted octanol–water partition coefficient (Wildman–Crippen LogP) is 4.31. The molecule has 0 aliphatic rings. The lowest BCUT2D eigenvalue weighted by molar-refractivity contribution is 0.0920. The highest BCUT2D eigenvalue weighted by Crippen LogP contribution is 2.31. The molecule has 0 fully saturated rings. The SMILES string of the molecule is CN(C)c1ccc(C(=O)COc2ccccc2C(C)(C)C)cc1. The highest BCUT2D eigenvalue weighted by molar-refractivity contribution is 5.97. The number of benzene rings is 2. The predicted molar refractivity (Wildman–Crippen MR) is 95.7 cm³/mol. The number of carbonyl (C=O) groups is 1. The number of anilines is 1. The summed E-state index contributed by atoms with van der Waals surface area (Å²) in [7, 11) is 3.95. The fourth-order valence-corrected chi connectivity index (χ4v) is 2.38. The first-order valence-corrected chi connectivity index (χ1v) is 7.82. The molecule has 0 aliphatic carbocycles. The van der Waals surface area contributed by atoms with Crippen LogP contribution in [0.15, 0.2) is 48.5 Å². The summed E-state index contributed by atoms with van der Waals surface area (Å²) in [6, 6.07) is 15.5.